The highest BCUT2D eigenvalue weighted by Crippen LogP contribution is 2.17. The predicted octanol–water partition coefficient (Wildman–Crippen LogP) is 18.2. The van der Waals surface area contributed by atoms with E-state index in [1.165, 1.54) is 231 Å². The number of nitrogens with zero attached hydrogens (tertiary/aromatic N) is 2. The van der Waals surface area contributed by atoms with Crippen molar-refractivity contribution in [2.45, 2.75) is 285 Å². The molecule has 0 spiro atoms. The molecule has 374 valence electrons. The van der Waals surface area contributed by atoms with Crippen molar-refractivity contribution in [1.29, 1.82) is 0 Å². The normalized spacial score (nSPS) is 11.6. The molecule has 0 saturated carbocycles. The van der Waals surface area contributed by atoms with E-state index in [4.69, 9.17) is 9.47 Å². The van der Waals surface area contributed by atoms with Gasteiger partial charge < -0.3 is 9.47 Å². The molecule has 0 atom stereocenters. The molecule has 0 N–H and O–H groups in total. The van der Waals surface area contributed by atoms with Crippen LogP contribution in [-0.4, -0.2) is 61.4 Å². The molecule has 6 heteroatoms. The fraction of sp³-hybridized carbons (Fsp3) is 0.862. The van der Waals surface area contributed by atoms with Gasteiger partial charge in [-0.3, -0.25) is 9.80 Å². The zero-order valence-corrected chi connectivity index (χ0v) is 43.4. The molecular formula is C58H108N2O4. The fourth-order valence-electron chi connectivity index (χ4n) is 9.01. The topological polar surface area (TPSA) is 59.1 Å². The number of esters is 2. The van der Waals surface area contributed by atoms with Crippen molar-refractivity contribution in [3.8, 4) is 0 Å². The summed E-state index contributed by atoms with van der Waals surface area (Å²) in [5.41, 5.74) is 0.833. The van der Waals surface area contributed by atoms with Crippen LogP contribution in [0.3, 0.4) is 0 Å². The largest absolute Gasteiger partial charge is 0.446 e. The third-order valence-corrected chi connectivity index (χ3v) is 13.4. The van der Waals surface area contributed by atoms with E-state index in [2.05, 4.69) is 37.5 Å². The lowest BCUT2D eigenvalue weighted by molar-refractivity contribution is 0.0204. The number of unbranched alkanes of at least 4 members (excludes halogenated alkanes) is 36. The summed E-state index contributed by atoms with van der Waals surface area (Å²) in [6.07, 6.45) is 52.7. The van der Waals surface area contributed by atoms with Gasteiger partial charge in [-0.05, 0) is 43.9 Å². The second-order valence-corrected chi connectivity index (χ2v) is 19.7. The van der Waals surface area contributed by atoms with E-state index in [1.807, 2.05) is 0 Å². The lowest BCUT2D eigenvalue weighted by Crippen LogP contribution is -2.30. The second kappa shape index (κ2) is 47.6. The lowest BCUT2D eigenvalue weighted by atomic mass is 10.1. The minimum atomic E-state index is -0.366. The summed E-state index contributed by atoms with van der Waals surface area (Å²) < 4.78 is 11.9. The van der Waals surface area contributed by atoms with Crippen LogP contribution in [-0.2, 0) is 9.47 Å². The number of ether oxygens (including phenoxy) is 2. The van der Waals surface area contributed by atoms with Gasteiger partial charge in [-0.25, -0.2) is 9.59 Å². The van der Waals surface area contributed by atoms with E-state index < -0.39 is 0 Å². The van der Waals surface area contributed by atoms with E-state index in [1.54, 1.807) is 24.3 Å². The van der Waals surface area contributed by atoms with Gasteiger partial charge >= 0.3 is 11.9 Å². The van der Waals surface area contributed by atoms with E-state index in [0.29, 0.717) is 24.6 Å². The Morgan fingerprint density at radius 1 is 0.328 bits per heavy atom. The van der Waals surface area contributed by atoms with Gasteiger partial charge in [0.05, 0.1) is 11.1 Å². The molecule has 0 amide bonds. The van der Waals surface area contributed by atoms with Crippen LogP contribution in [0.25, 0.3) is 0 Å². The molecule has 0 heterocycles. The zero-order chi connectivity index (χ0) is 46.2. The molecule has 6 nitrogen and oxygen atoms in total. The minimum Gasteiger partial charge on any atom is -0.446 e. The molecule has 0 aromatic heterocycles. The molecular weight excluding hydrogens is 789 g/mol. The smallest absolute Gasteiger partial charge is 0.339 e. The summed E-state index contributed by atoms with van der Waals surface area (Å²) >= 11 is 0. The van der Waals surface area contributed by atoms with Crippen molar-refractivity contribution in [3.63, 3.8) is 0 Å². The first-order chi connectivity index (χ1) is 31.5. The van der Waals surface area contributed by atoms with Crippen LogP contribution in [0.2, 0.25) is 0 Å². The molecule has 1 aromatic carbocycles. The molecule has 1 aromatic rings. The summed E-state index contributed by atoms with van der Waals surface area (Å²) in [4.78, 5) is 31.5. The summed E-state index contributed by atoms with van der Waals surface area (Å²) in [6.45, 7) is 13.6. The summed E-state index contributed by atoms with van der Waals surface area (Å²) in [5, 5.41) is 0. The van der Waals surface area contributed by atoms with Crippen LogP contribution in [0.5, 0.6) is 0 Å². The average Bonchev–Trinajstić information content (AvgIpc) is 3.31. The summed E-state index contributed by atoms with van der Waals surface area (Å²) in [7, 11) is 0. The van der Waals surface area contributed by atoms with Crippen LogP contribution < -0.4 is 0 Å². The number of carbonyl (C=O) groups excluding carboxylic acids is 2. The van der Waals surface area contributed by atoms with Gasteiger partial charge in [-0.2, -0.15) is 0 Å². The van der Waals surface area contributed by atoms with Crippen molar-refractivity contribution in [2.24, 2.45) is 0 Å². The first kappa shape index (κ1) is 60.1. The van der Waals surface area contributed by atoms with Gasteiger partial charge in [0.15, 0.2) is 0 Å². The molecule has 0 bridgehead atoms. The molecule has 0 unspecified atom stereocenters. The SMILES string of the molecule is CCCCCCCCCCCCN(CCCCCCCCCCCC)COC(=O)c1cccc(C(=O)OCN(CCCCCCCCCCCC)CCCCCCCCCCCC)c1. The molecule has 0 radical (unpaired) electrons. The van der Waals surface area contributed by atoms with Gasteiger partial charge in [0.2, 0.25) is 0 Å². The van der Waals surface area contributed by atoms with E-state index in [9.17, 15) is 9.59 Å². The van der Waals surface area contributed by atoms with Crippen LogP contribution in [0, 0.1) is 0 Å². The van der Waals surface area contributed by atoms with E-state index in [-0.39, 0.29) is 11.9 Å². The van der Waals surface area contributed by atoms with E-state index >= 15 is 0 Å². The molecule has 0 fully saturated rings. The molecule has 64 heavy (non-hydrogen) atoms. The Morgan fingerprint density at radius 2 is 0.531 bits per heavy atom. The molecule has 0 aliphatic carbocycles. The number of hydrogen-bond donors (Lipinski definition) is 0. The molecule has 0 aliphatic rings. The van der Waals surface area contributed by atoms with Crippen LogP contribution in [0.15, 0.2) is 24.3 Å². The fourth-order valence-corrected chi connectivity index (χ4v) is 9.01. The summed E-state index contributed by atoms with van der Waals surface area (Å²) in [5.74, 6) is -0.733. The molecule has 0 saturated heterocycles. The van der Waals surface area contributed by atoms with Gasteiger partial charge in [0.25, 0.3) is 0 Å². The maximum atomic E-state index is 13.4. The average molecular weight is 898 g/mol. The Labute approximate surface area is 398 Å². The van der Waals surface area contributed by atoms with Gasteiger partial charge in [-0.1, -0.05) is 265 Å². The summed E-state index contributed by atoms with van der Waals surface area (Å²) in [6, 6.07) is 6.96. The number of benzene rings is 1. The van der Waals surface area contributed by atoms with Crippen molar-refractivity contribution in [3.05, 3.63) is 35.4 Å². The third kappa shape index (κ3) is 38.2. The number of hydrogen-bond acceptors (Lipinski definition) is 6. The monoisotopic (exact) mass is 897 g/mol. The highest BCUT2D eigenvalue weighted by Gasteiger charge is 2.16. The highest BCUT2D eigenvalue weighted by atomic mass is 16.5. The highest BCUT2D eigenvalue weighted by molar-refractivity contribution is 5.95. The Bertz CT molecular complexity index is 1010. The minimum absolute atomic E-state index is 0.301. The van der Waals surface area contributed by atoms with Gasteiger partial charge in [-0.15, -0.1) is 0 Å². The predicted molar refractivity (Wildman–Crippen MR) is 278 cm³/mol. The van der Waals surface area contributed by atoms with Crippen LogP contribution in [0.1, 0.15) is 305 Å². The lowest BCUT2D eigenvalue weighted by Gasteiger charge is -2.22. The number of carbonyl (C=O) groups is 2. The van der Waals surface area contributed by atoms with Gasteiger partial charge in [0, 0.05) is 26.2 Å². The van der Waals surface area contributed by atoms with Crippen molar-refractivity contribution in [1.82, 2.24) is 9.80 Å². The van der Waals surface area contributed by atoms with Crippen molar-refractivity contribution < 1.29 is 19.1 Å². The first-order valence-corrected chi connectivity index (χ1v) is 28.4. The van der Waals surface area contributed by atoms with Crippen molar-refractivity contribution in [2.75, 3.05) is 39.6 Å². The molecule has 1 rings (SSSR count). The van der Waals surface area contributed by atoms with E-state index in [0.717, 1.165) is 51.9 Å². The van der Waals surface area contributed by atoms with Crippen molar-refractivity contribution >= 4 is 11.9 Å². The molecule has 0 aliphatic heterocycles. The first-order valence-electron chi connectivity index (χ1n) is 28.4. The Morgan fingerprint density at radius 3 is 0.750 bits per heavy atom. The zero-order valence-electron chi connectivity index (χ0n) is 43.4. The van der Waals surface area contributed by atoms with Gasteiger partial charge in [0.1, 0.15) is 13.5 Å². The Hall–Kier alpha value is -1.92. The van der Waals surface area contributed by atoms with Crippen LogP contribution in [0.4, 0.5) is 0 Å². The standard InChI is InChI=1S/C58H108N2O4/c1-5-9-13-17-21-25-29-33-37-41-48-59(49-42-38-34-30-26-22-18-14-10-6-2)53-63-57(61)55-46-45-47-56(52-55)58(62)64-54-60(50-43-39-35-31-27-23-19-15-11-7-3)51-44-40-36-32-28-24-20-16-12-8-4/h45-47,52H,5-44,48-51,53-54H2,1-4H3. The number of rotatable bonds is 50. The third-order valence-electron chi connectivity index (χ3n) is 13.4. The maximum absolute atomic E-state index is 13.4. The van der Waals surface area contributed by atoms with Crippen LogP contribution >= 0.6 is 0 Å². The Balaban J connectivity index is 2.65. The maximum Gasteiger partial charge on any atom is 0.339 e. The quantitative estimate of drug-likeness (QED) is 0.0369. The Kier molecular flexibility index (Phi) is 44.7. The second-order valence-electron chi connectivity index (χ2n) is 19.7.